The van der Waals surface area contributed by atoms with Crippen molar-refractivity contribution in [2.24, 2.45) is 0 Å². The third-order valence-electron chi connectivity index (χ3n) is 3.87. The zero-order valence-electron chi connectivity index (χ0n) is 12.3. The van der Waals surface area contributed by atoms with Gasteiger partial charge in [0.2, 0.25) is 0 Å². The van der Waals surface area contributed by atoms with E-state index in [-0.39, 0.29) is 6.10 Å². The molecule has 0 radical (unpaired) electrons. The van der Waals surface area contributed by atoms with Gasteiger partial charge in [0.25, 0.3) is 0 Å². The SMILES string of the molecule is CC(O)CN1CCC(=C(c2cccs2)c2cccs2)CC1. The summed E-state index contributed by atoms with van der Waals surface area (Å²) in [6.45, 7) is 4.77. The number of aliphatic hydroxyl groups excluding tert-OH is 1. The van der Waals surface area contributed by atoms with E-state index in [2.05, 4.69) is 39.9 Å². The number of hydrogen-bond acceptors (Lipinski definition) is 4. The fourth-order valence-electron chi connectivity index (χ4n) is 2.94. The number of thiophene rings is 2. The van der Waals surface area contributed by atoms with Gasteiger partial charge in [0.05, 0.1) is 6.10 Å². The molecule has 112 valence electrons. The van der Waals surface area contributed by atoms with Crippen LogP contribution in [0.2, 0.25) is 0 Å². The summed E-state index contributed by atoms with van der Waals surface area (Å²) >= 11 is 3.66. The predicted octanol–water partition coefficient (Wildman–Crippen LogP) is 4.09. The Morgan fingerprint density at radius 1 is 1.14 bits per heavy atom. The number of nitrogens with zero attached hydrogens (tertiary/aromatic N) is 1. The average molecular weight is 319 g/mol. The Morgan fingerprint density at radius 2 is 1.71 bits per heavy atom. The summed E-state index contributed by atoms with van der Waals surface area (Å²) in [5.74, 6) is 0. The number of likely N-dealkylation sites (tertiary alicyclic amines) is 1. The second-order valence-corrected chi connectivity index (χ2v) is 7.48. The van der Waals surface area contributed by atoms with E-state index < -0.39 is 0 Å². The van der Waals surface area contributed by atoms with Crippen LogP contribution in [0.4, 0.5) is 0 Å². The highest BCUT2D eigenvalue weighted by molar-refractivity contribution is 7.13. The van der Waals surface area contributed by atoms with Gasteiger partial charge in [-0.25, -0.2) is 0 Å². The molecule has 3 heterocycles. The number of hydrogen-bond donors (Lipinski definition) is 1. The van der Waals surface area contributed by atoms with E-state index in [1.165, 1.54) is 15.3 Å². The molecule has 2 aromatic rings. The number of β-amino-alcohol motifs (C(OH)–C–C–N with tert-alkyl or cyclic N) is 1. The highest BCUT2D eigenvalue weighted by atomic mass is 32.1. The van der Waals surface area contributed by atoms with E-state index >= 15 is 0 Å². The van der Waals surface area contributed by atoms with Crippen molar-refractivity contribution in [3.63, 3.8) is 0 Å². The maximum atomic E-state index is 9.53. The van der Waals surface area contributed by atoms with Crippen molar-refractivity contribution >= 4 is 28.2 Å². The van der Waals surface area contributed by atoms with Crippen molar-refractivity contribution < 1.29 is 5.11 Å². The lowest BCUT2D eigenvalue weighted by Crippen LogP contribution is -2.36. The fourth-order valence-corrected chi connectivity index (χ4v) is 4.67. The van der Waals surface area contributed by atoms with Crippen LogP contribution in [0.5, 0.6) is 0 Å². The summed E-state index contributed by atoms with van der Waals surface area (Å²) < 4.78 is 0. The molecule has 1 N–H and O–H groups in total. The zero-order chi connectivity index (χ0) is 14.7. The number of aliphatic hydroxyl groups is 1. The first kappa shape index (κ1) is 15.0. The monoisotopic (exact) mass is 319 g/mol. The molecule has 0 aromatic carbocycles. The predicted molar refractivity (Wildman–Crippen MR) is 92.0 cm³/mol. The summed E-state index contributed by atoms with van der Waals surface area (Å²) in [5.41, 5.74) is 3.03. The van der Waals surface area contributed by atoms with Gasteiger partial charge in [-0.3, -0.25) is 0 Å². The highest BCUT2D eigenvalue weighted by Gasteiger charge is 2.20. The van der Waals surface area contributed by atoms with Crippen LogP contribution in [0.1, 0.15) is 29.5 Å². The molecule has 2 aromatic heterocycles. The number of piperidine rings is 1. The molecule has 0 aliphatic carbocycles. The van der Waals surface area contributed by atoms with Crippen molar-refractivity contribution in [1.82, 2.24) is 4.90 Å². The molecule has 21 heavy (non-hydrogen) atoms. The lowest BCUT2D eigenvalue weighted by molar-refractivity contribution is 0.121. The van der Waals surface area contributed by atoms with Gasteiger partial charge >= 0.3 is 0 Å². The Labute approximate surface area is 134 Å². The van der Waals surface area contributed by atoms with Crippen LogP contribution >= 0.6 is 22.7 Å². The third-order valence-corrected chi connectivity index (χ3v) is 5.65. The van der Waals surface area contributed by atoms with Gasteiger partial charge < -0.3 is 10.0 Å². The minimum atomic E-state index is -0.232. The quantitative estimate of drug-likeness (QED) is 0.917. The molecule has 0 spiro atoms. The van der Waals surface area contributed by atoms with E-state index in [0.717, 1.165) is 32.5 Å². The Hall–Kier alpha value is -0.940. The van der Waals surface area contributed by atoms with E-state index in [4.69, 9.17) is 0 Å². The lowest BCUT2D eigenvalue weighted by atomic mass is 9.95. The standard InChI is InChI=1S/C17H21NOS2/c1-13(19)12-18-8-6-14(7-9-18)17(15-4-2-10-20-15)16-5-3-11-21-16/h2-5,10-11,13,19H,6-9,12H2,1H3. The molecular weight excluding hydrogens is 298 g/mol. The topological polar surface area (TPSA) is 23.5 Å². The van der Waals surface area contributed by atoms with E-state index in [0.29, 0.717) is 0 Å². The van der Waals surface area contributed by atoms with Gasteiger partial charge in [0.15, 0.2) is 0 Å². The van der Waals surface area contributed by atoms with Crippen LogP contribution in [0.3, 0.4) is 0 Å². The molecule has 2 nitrogen and oxygen atoms in total. The minimum Gasteiger partial charge on any atom is -0.392 e. The summed E-state index contributed by atoms with van der Waals surface area (Å²) in [7, 11) is 0. The summed E-state index contributed by atoms with van der Waals surface area (Å²) in [4.78, 5) is 5.14. The van der Waals surface area contributed by atoms with Gasteiger partial charge in [-0.05, 0) is 42.7 Å². The van der Waals surface area contributed by atoms with Crippen molar-refractivity contribution in [3.8, 4) is 0 Å². The average Bonchev–Trinajstić information content (AvgIpc) is 3.14. The molecule has 1 saturated heterocycles. The van der Waals surface area contributed by atoms with Gasteiger partial charge in [0, 0.05) is 35.0 Å². The fraction of sp³-hybridized carbons (Fsp3) is 0.412. The first-order valence-corrected chi connectivity index (χ1v) is 9.20. The molecule has 0 amide bonds. The van der Waals surface area contributed by atoms with Gasteiger partial charge in [-0.15, -0.1) is 22.7 Å². The molecule has 1 fully saturated rings. The maximum absolute atomic E-state index is 9.53. The van der Waals surface area contributed by atoms with Crippen LogP contribution in [-0.4, -0.2) is 35.7 Å². The summed E-state index contributed by atoms with van der Waals surface area (Å²) in [6, 6.07) is 8.73. The summed E-state index contributed by atoms with van der Waals surface area (Å²) in [6.07, 6.45) is 1.99. The first-order chi connectivity index (χ1) is 10.2. The molecule has 3 rings (SSSR count). The van der Waals surface area contributed by atoms with Gasteiger partial charge in [0.1, 0.15) is 0 Å². The highest BCUT2D eigenvalue weighted by Crippen LogP contribution is 2.36. The van der Waals surface area contributed by atoms with Gasteiger partial charge in [-0.2, -0.15) is 0 Å². The minimum absolute atomic E-state index is 0.232. The molecular formula is C17H21NOS2. The molecule has 1 aliphatic heterocycles. The lowest BCUT2D eigenvalue weighted by Gasteiger charge is -2.30. The van der Waals surface area contributed by atoms with Crippen molar-refractivity contribution in [3.05, 3.63) is 50.4 Å². The first-order valence-electron chi connectivity index (χ1n) is 7.44. The maximum Gasteiger partial charge on any atom is 0.0639 e. The Balaban J connectivity index is 1.84. The largest absolute Gasteiger partial charge is 0.392 e. The zero-order valence-corrected chi connectivity index (χ0v) is 13.9. The van der Waals surface area contributed by atoms with E-state index in [9.17, 15) is 5.11 Å². The van der Waals surface area contributed by atoms with Crippen molar-refractivity contribution in [2.45, 2.75) is 25.9 Å². The summed E-state index contributed by atoms with van der Waals surface area (Å²) in [5, 5.41) is 13.8. The molecule has 1 unspecified atom stereocenters. The molecule has 0 bridgehead atoms. The second kappa shape index (κ2) is 6.88. The third kappa shape index (κ3) is 3.64. The Kier molecular flexibility index (Phi) is 4.91. The van der Waals surface area contributed by atoms with E-state index in [1.54, 1.807) is 5.57 Å². The second-order valence-electron chi connectivity index (χ2n) is 5.58. The molecule has 0 saturated carbocycles. The normalized spacial score (nSPS) is 17.9. The van der Waals surface area contributed by atoms with Gasteiger partial charge in [-0.1, -0.05) is 17.7 Å². The van der Waals surface area contributed by atoms with Crippen molar-refractivity contribution in [2.75, 3.05) is 19.6 Å². The Morgan fingerprint density at radius 3 is 2.14 bits per heavy atom. The van der Waals surface area contributed by atoms with Crippen LogP contribution < -0.4 is 0 Å². The Bertz CT molecular complexity index is 538. The smallest absolute Gasteiger partial charge is 0.0639 e. The molecule has 1 atom stereocenters. The van der Waals surface area contributed by atoms with Crippen LogP contribution in [0, 0.1) is 0 Å². The van der Waals surface area contributed by atoms with Crippen molar-refractivity contribution in [1.29, 1.82) is 0 Å². The van der Waals surface area contributed by atoms with Crippen LogP contribution in [0.15, 0.2) is 40.6 Å². The molecule has 1 aliphatic rings. The number of rotatable bonds is 4. The molecule has 4 heteroatoms. The van der Waals surface area contributed by atoms with Crippen LogP contribution in [-0.2, 0) is 0 Å². The van der Waals surface area contributed by atoms with E-state index in [1.807, 2.05) is 29.6 Å². The van der Waals surface area contributed by atoms with Crippen LogP contribution in [0.25, 0.3) is 5.57 Å².